The second-order valence-electron chi connectivity index (χ2n) is 6.40. The van der Waals surface area contributed by atoms with Gasteiger partial charge in [-0.1, -0.05) is 6.07 Å². The average molecular weight is 362 g/mol. The molecule has 1 N–H and O–H groups in total. The molecule has 0 saturated carbocycles. The molecule has 0 saturated heterocycles. The summed E-state index contributed by atoms with van der Waals surface area (Å²) in [5.74, 6) is 3.24. The number of nitrogens with zero attached hydrogens (tertiary/aromatic N) is 3. The smallest absolute Gasteiger partial charge is 0.231 e. The van der Waals surface area contributed by atoms with Gasteiger partial charge in [0.2, 0.25) is 6.79 Å². The van der Waals surface area contributed by atoms with E-state index in [0.717, 1.165) is 52.0 Å². The minimum absolute atomic E-state index is 0.284. The van der Waals surface area contributed by atoms with Crippen molar-refractivity contribution < 1.29 is 14.2 Å². The quantitative estimate of drug-likeness (QED) is 0.773. The molecule has 27 heavy (non-hydrogen) atoms. The number of ether oxygens (including phenoxy) is 3. The summed E-state index contributed by atoms with van der Waals surface area (Å²) in [6, 6.07) is 12.1. The van der Waals surface area contributed by atoms with E-state index in [2.05, 4.69) is 27.2 Å². The van der Waals surface area contributed by atoms with Gasteiger partial charge in [-0.3, -0.25) is 20.1 Å². The average Bonchev–Trinajstić information content (AvgIpc) is 3.41. The number of amidine groups is 1. The van der Waals surface area contributed by atoms with Crippen LogP contribution in [0.15, 0.2) is 53.8 Å². The maximum atomic E-state index is 5.43. The number of pyridine rings is 1. The first-order valence-corrected chi connectivity index (χ1v) is 8.69. The fourth-order valence-electron chi connectivity index (χ4n) is 3.30. The number of fused-ring (bicyclic) bond motifs is 2. The van der Waals surface area contributed by atoms with Crippen LogP contribution in [0, 0.1) is 0 Å². The summed E-state index contributed by atoms with van der Waals surface area (Å²) in [5, 5.41) is 0. The maximum Gasteiger partial charge on any atom is 0.231 e. The van der Waals surface area contributed by atoms with Gasteiger partial charge in [0.05, 0.1) is 25.5 Å². The Kier molecular flexibility index (Phi) is 3.71. The first-order chi connectivity index (χ1) is 13.3. The fourth-order valence-corrected chi connectivity index (χ4v) is 3.30. The number of methoxy groups -OCH3 is 1. The van der Waals surface area contributed by atoms with E-state index < -0.39 is 0 Å². The van der Waals surface area contributed by atoms with Gasteiger partial charge in [0.25, 0.3) is 0 Å². The number of aliphatic imine (C=N–C) groups is 1. The largest absolute Gasteiger partial charge is 0.495 e. The number of hydrogen-bond donors (Lipinski definition) is 1. The lowest BCUT2D eigenvalue weighted by molar-refractivity contribution is 0.174. The summed E-state index contributed by atoms with van der Waals surface area (Å²) >= 11 is 0. The third-order valence-electron chi connectivity index (χ3n) is 4.69. The zero-order valence-corrected chi connectivity index (χ0v) is 14.8. The molecule has 2 aromatic heterocycles. The molecule has 0 amide bonds. The Morgan fingerprint density at radius 2 is 2.07 bits per heavy atom. The highest BCUT2D eigenvalue weighted by Gasteiger charge is 2.20. The van der Waals surface area contributed by atoms with Crippen molar-refractivity contribution in [3.05, 3.63) is 60.0 Å². The van der Waals surface area contributed by atoms with Crippen LogP contribution < -0.4 is 19.6 Å². The van der Waals surface area contributed by atoms with Crippen LogP contribution in [-0.2, 0) is 13.0 Å². The van der Waals surface area contributed by atoms with Crippen molar-refractivity contribution in [3.63, 3.8) is 0 Å². The van der Waals surface area contributed by atoms with Gasteiger partial charge in [-0.15, -0.1) is 0 Å². The molecule has 0 unspecified atom stereocenters. The molecule has 1 aromatic carbocycles. The molecule has 4 heterocycles. The summed E-state index contributed by atoms with van der Waals surface area (Å²) < 4.78 is 18.1. The first-order valence-electron chi connectivity index (χ1n) is 8.69. The van der Waals surface area contributed by atoms with E-state index in [1.165, 1.54) is 0 Å². The lowest BCUT2D eigenvalue weighted by Gasteiger charge is -2.09. The van der Waals surface area contributed by atoms with Crippen LogP contribution in [0.2, 0.25) is 0 Å². The molecule has 7 heteroatoms. The molecule has 0 fully saturated rings. The molecular weight excluding hydrogens is 344 g/mol. The Morgan fingerprint density at radius 1 is 1.15 bits per heavy atom. The molecule has 0 aliphatic carbocycles. The van der Waals surface area contributed by atoms with Crippen molar-refractivity contribution in [3.8, 4) is 28.5 Å². The molecule has 7 nitrogen and oxygen atoms in total. The van der Waals surface area contributed by atoms with Gasteiger partial charge in [-0.2, -0.15) is 0 Å². The van der Waals surface area contributed by atoms with Crippen molar-refractivity contribution in [1.82, 2.24) is 9.66 Å². The van der Waals surface area contributed by atoms with Gasteiger partial charge in [-0.25, -0.2) is 0 Å². The van der Waals surface area contributed by atoms with E-state index in [0.29, 0.717) is 6.54 Å². The Morgan fingerprint density at radius 3 is 3.00 bits per heavy atom. The summed E-state index contributed by atoms with van der Waals surface area (Å²) in [4.78, 5) is 8.96. The van der Waals surface area contributed by atoms with Crippen molar-refractivity contribution >= 4 is 5.84 Å². The monoisotopic (exact) mass is 362 g/mol. The lowest BCUT2D eigenvalue weighted by atomic mass is 10.2. The van der Waals surface area contributed by atoms with Gasteiger partial charge in [0.1, 0.15) is 11.6 Å². The van der Waals surface area contributed by atoms with Gasteiger partial charge in [-0.05, 0) is 35.9 Å². The molecular formula is C20H18N4O3. The molecule has 136 valence electrons. The molecule has 5 rings (SSSR count). The van der Waals surface area contributed by atoms with Gasteiger partial charge in [0.15, 0.2) is 11.5 Å². The second-order valence-corrected chi connectivity index (χ2v) is 6.40. The third-order valence-corrected chi connectivity index (χ3v) is 4.69. The van der Waals surface area contributed by atoms with Gasteiger partial charge in [0, 0.05) is 23.9 Å². The molecule has 0 atom stereocenters. The number of aromatic nitrogens is 2. The first kappa shape index (κ1) is 15.7. The summed E-state index contributed by atoms with van der Waals surface area (Å²) in [6.07, 6.45) is 4.29. The van der Waals surface area contributed by atoms with E-state index in [-0.39, 0.29) is 6.79 Å². The third kappa shape index (κ3) is 2.87. The molecule has 2 aliphatic heterocycles. The fraction of sp³-hybridized carbons (Fsp3) is 0.200. The molecule has 0 radical (unpaired) electrons. The van der Waals surface area contributed by atoms with Crippen molar-refractivity contribution in [2.24, 2.45) is 4.99 Å². The molecule has 0 bridgehead atoms. The van der Waals surface area contributed by atoms with Crippen molar-refractivity contribution in [2.45, 2.75) is 13.0 Å². The maximum absolute atomic E-state index is 5.43. The van der Waals surface area contributed by atoms with Crippen LogP contribution in [-0.4, -0.2) is 29.4 Å². The van der Waals surface area contributed by atoms with Crippen LogP contribution >= 0.6 is 0 Å². The van der Waals surface area contributed by atoms with Crippen molar-refractivity contribution in [2.75, 3.05) is 19.3 Å². The van der Waals surface area contributed by atoms with Crippen LogP contribution in [0.5, 0.6) is 17.2 Å². The summed E-state index contributed by atoms with van der Waals surface area (Å²) in [5.41, 5.74) is 7.66. The number of nitrogens with one attached hydrogen (secondary N) is 1. The Labute approximate surface area is 156 Å². The lowest BCUT2D eigenvalue weighted by Crippen LogP contribution is -2.16. The highest BCUT2D eigenvalue weighted by Crippen LogP contribution is 2.33. The minimum atomic E-state index is 0.284. The van der Waals surface area contributed by atoms with E-state index in [4.69, 9.17) is 19.2 Å². The molecule has 2 aliphatic rings. The second kappa shape index (κ2) is 6.35. The normalized spacial score (nSPS) is 15.7. The number of benzene rings is 1. The van der Waals surface area contributed by atoms with E-state index in [9.17, 15) is 0 Å². The minimum Gasteiger partial charge on any atom is -0.495 e. The SMILES string of the molecule is COc1cncc(-c2ccc3n2NC(=NCc2ccc4c(c2)OCO4)C3)c1. The summed E-state index contributed by atoms with van der Waals surface area (Å²) in [7, 11) is 1.64. The molecule has 0 spiro atoms. The Bertz CT molecular complexity index is 1040. The Hall–Kier alpha value is -3.48. The summed E-state index contributed by atoms with van der Waals surface area (Å²) in [6.45, 7) is 0.867. The predicted molar refractivity (Wildman–Crippen MR) is 101 cm³/mol. The Balaban J connectivity index is 1.35. The predicted octanol–water partition coefficient (Wildman–Crippen LogP) is 2.99. The van der Waals surface area contributed by atoms with E-state index >= 15 is 0 Å². The molecule has 3 aromatic rings. The van der Waals surface area contributed by atoms with Crippen molar-refractivity contribution in [1.29, 1.82) is 0 Å². The van der Waals surface area contributed by atoms with Crippen LogP contribution in [0.4, 0.5) is 0 Å². The van der Waals surface area contributed by atoms with Gasteiger partial charge >= 0.3 is 0 Å². The van der Waals surface area contributed by atoms with Crippen LogP contribution in [0.1, 0.15) is 11.3 Å². The van der Waals surface area contributed by atoms with Crippen LogP contribution in [0.25, 0.3) is 11.3 Å². The zero-order chi connectivity index (χ0) is 18.2. The van der Waals surface area contributed by atoms with E-state index in [1.54, 1.807) is 13.3 Å². The topological polar surface area (TPSA) is 69.9 Å². The highest BCUT2D eigenvalue weighted by atomic mass is 16.7. The number of hydrogen-bond acceptors (Lipinski definition) is 5. The van der Waals surface area contributed by atoms with E-state index in [1.807, 2.05) is 30.5 Å². The standard InChI is InChI=1S/C20H18N4O3/c1-25-16-7-14(10-21-11-16)17-4-3-15-8-20(23-24(15)17)22-9-13-2-5-18-19(6-13)27-12-26-18/h2-7,10-11H,8-9,12H2,1H3,(H,22,23). The highest BCUT2D eigenvalue weighted by molar-refractivity contribution is 5.94. The number of rotatable bonds is 4. The van der Waals surface area contributed by atoms with Crippen LogP contribution in [0.3, 0.4) is 0 Å². The van der Waals surface area contributed by atoms with Gasteiger partial charge < -0.3 is 14.2 Å². The zero-order valence-electron chi connectivity index (χ0n) is 14.8.